The molecule has 9 heteroatoms. The third-order valence-electron chi connectivity index (χ3n) is 3.62. The van der Waals surface area contributed by atoms with Gasteiger partial charge in [-0.25, -0.2) is 13.8 Å². The molecule has 1 saturated heterocycles. The van der Waals surface area contributed by atoms with Crippen LogP contribution in [0.4, 0.5) is 8.78 Å². The van der Waals surface area contributed by atoms with Crippen LogP contribution < -0.4 is 10.6 Å². The van der Waals surface area contributed by atoms with Gasteiger partial charge < -0.3 is 9.72 Å². The lowest BCUT2D eigenvalue weighted by atomic mass is 10.2. The van der Waals surface area contributed by atoms with Gasteiger partial charge in [0.25, 0.3) is 5.92 Å². The highest BCUT2D eigenvalue weighted by Crippen LogP contribution is 2.25. The summed E-state index contributed by atoms with van der Waals surface area (Å²) in [5.74, 6) is -3.22. The van der Waals surface area contributed by atoms with Crippen molar-refractivity contribution >= 4 is 36.4 Å². The number of hydrogen-bond donors (Lipinski definition) is 2. The van der Waals surface area contributed by atoms with Crippen molar-refractivity contribution in [3.8, 4) is 0 Å². The van der Waals surface area contributed by atoms with Crippen molar-refractivity contribution < 1.29 is 13.6 Å². The molecule has 0 radical (unpaired) electrons. The van der Waals surface area contributed by atoms with Crippen molar-refractivity contribution in [3.63, 3.8) is 0 Å². The monoisotopic (exact) mass is 366 g/mol. The van der Waals surface area contributed by atoms with Gasteiger partial charge >= 0.3 is 0 Å². The zero-order valence-electron chi connectivity index (χ0n) is 12.4. The van der Waals surface area contributed by atoms with Gasteiger partial charge in [-0.2, -0.15) is 0 Å². The molecule has 3 heterocycles. The Morgan fingerprint density at radius 2 is 2.22 bits per heavy atom. The molecule has 1 aliphatic rings. The quantitative estimate of drug-likeness (QED) is 0.874. The average Bonchev–Trinajstić information content (AvgIpc) is 3.00. The number of aromatic nitrogens is 2. The Labute approximate surface area is 144 Å². The second-order valence-electron chi connectivity index (χ2n) is 5.34. The van der Waals surface area contributed by atoms with Crippen LogP contribution in [0.1, 0.15) is 17.8 Å². The molecule has 2 aromatic rings. The molecule has 1 amide bonds. The first-order valence-corrected chi connectivity index (χ1v) is 6.77. The molecular weight excluding hydrogens is 349 g/mol. The highest BCUT2D eigenvalue weighted by Gasteiger charge is 2.42. The van der Waals surface area contributed by atoms with Gasteiger partial charge in [0.1, 0.15) is 5.65 Å². The summed E-state index contributed by atoms with van der Waals surface area (Å²) in [6.07, 6.45) is 1.38. The number of pyridine rings is 1. The van der Waals surface area contributed by atoms with Crippen molar-refractivity contribution in [2.75, 3.05) is 6.54 Å². The zero-order valence-corrected chi connectivity index (χ0v) is 14.0. The van der Waals surface area contributed by atoms with E-state index in [1.165, 1.54) is 0 Å². The van der Waals surface area contributed by atoms with E-state index >= 15 is 0 Å². The summed E-state index contributed by atoms with van der Waals surface area (Å²) in [7, 11) is 0. The zero-order chi connectivity index (χ0) is 15.0. The summed E-state index contributed by atoms with van der Waals surface area (Å²) in [4.78, 5) is 16.2. The first-order valence-electron chi connectivity index (χ1n) is 6.77. The van der Waals surface area contributed by atoms with Gasteiger partial charge in [-0.3, -0.25) is 10.1 Å². The molecule has 1 unspecified atom stereocenters. The van der Waals surface area contributed by atoms with Crippen LogP contribution in [0.3, 0.4) is 0 Å². The molecule has 0 spiro atoms. The van der Waals surface area contributed by atoms with E-state index in [1.54, 1.807) is 0 Å². The van der Waals surface area contributed by atoms with Gasteiger partial charge in [-0.15, -0.1) is 24.8 Å². The molecule has 128 valence electrons. The first kappa shape index (κ1) is 19.6. The molecule has 0 bridgehead atoms. The third kappa shape index (κ3) is 4.31. The number of nitrogens with zero attached hydrogens (tertiary/aromatic N) is 2. The number of carbonyl (C=O) groups excluding carboxylic acids is 1. The van der Waals surface area contributed by atoms with Crippen molar-refractivity contribution in [2.24, 2.45) is 0 Å². The number of carbonyl (C=O) groups is 1. The number of nitrogens with one attached hydrogen (secondary N) is 2. The molecule has 1 fully saturated rings. The minimum Gasteiger partial charge on any atom is -0.349 e. The fraction of sp³-hybridized carbons (Fsp3) is 0.429. The van der Waals surface area contributed by atoms with Gasteiger partial charge in [0.05, 0.1) is 24.8 Å². The maximum Gasteiger partial charge on any atom is 0.262 e. The minimum atomic E-state index is -2.80. The van der Waals surface area contributed by atoms with Crippen LogP contribution in [-0.2, 0) is 11.3 Å². The van der Waals surface area contributed by atoms with Crippen LogP contribution >= 0.6 is 24.8 Å². The highest BCUT2D eigenvalue weighted by molar-refractivity contribution is 5.85. The van der Waals surface area contributed by atoms with E-state index in [9.17, 15) is 13.6 Å². The van der Waals surface area contributed by atoms with E-state index < -0.39 is 30.8 Å². The van der Waals surface area contributed by atoms with Crippen molar-refractivity contribution in [3.05, 3.63) is 35.8 Å². The van der Waals surface area contributed by atoms with E-state index in [4.69, 9.17) is 0 Å². The lowest BCUT2D eigenvalue weighted by Crippen LogP contribution is -2.40. The van der Waals surface area contributed by atoms with E-state index in [2.05, 4.69) is 15.6 Å². The predicted molar refractivity (Wildman–Crippen MR) is 87.6 cm³/mol. The van der Waals surface area contributed by atoms with Crippen molar-refractivity contribution in [1.29, 1.82) is 0 Å². The lowest BCUT2D eigenvalue weighted by Gasteiger charge is -2.10. The summed E-state index contributed by atoms with van der Waals surface area (Å²) >= 11 is 0. The molecular formula is C14H18Cl2F2N4O. The molecule has 5 nitrogen and oxygen atoms in total. The van der Waals surface area contributed by atoms with Crippen molar-refractivity contribution in [2.45, 2.75) is 31.9 Å². The van der Waals surface area contributed by atoms with E-state index in [-0.39, 0.29) is 31.4 Å². The van der Waals surface area contributed by atoms with Crippen LogP contribution in [0.2, 0.25) is 0 Å². The summed E-state index contributed by atoms with van der Waals surface area (Å²) in [5.41, 5.74) is 2.53. The maximum absolute atomic E-state index is 13.0. The molecule has 1 aliphatic heterocycles. The Balaban J connectivity index is 0.00000132. The number of halogens is 4. The number of rotatable bonds is 3. The SMILES string of the molecule is Cc1cccc2nc(CNC(=O)C3CC(F)(F)CN3)cn12.Cl.Cl. The van der Waals surface area contributed by atoms with Gasteiger partial charge in [0.15, 0.2) is 0 Å². The second kappa shape index (κ2) is 7.42. The van der Waals surface area contributed by atoms with Crippen LogP contribution in [0.15, 0.2) is 24.4 Å². The molecule has 2 N–H and O–H groups in total. The van der Waals surface area contributed by atoms with Crippen LogP contribution in [0, 0.1) is 6.92 Å². The average molecular weight is 367 g/mol. The summed E-state index contributed by atoms with van der Waals surface area (Å²) < 4.78 is 28.0. The predicted octanol–water partition coefficient (Wildman–Crippen LogP) is 2.10. The molecule has 23 heavy (non-hydrogen) atoms. The largest absolute Gasteiger partial charge is 0.349 e. The first-order chi connectivity index (χ1) is 9.94. The second-order valence-corrected chi connectivity index (χ2v) is 5.34. The van der Waals surface area contributed by atoms with E-state index in [0.717, 1.165) is 11.3 Å². The topological polar surface area (TPSA) is 58.4 Å². The van der Waals surface area contributed by atoms with Crippen molar-refractivity contribution in [1.82, 2.24) is 20.0 Å². The fourth-order valence-electron chi connectivity index (χ4n) is 2.49. The molecule has 0 saturated carbocycles. The number of hydrogen-bond acceptors (Lipinski definition) is 3. The standard InChI is InChI=1S/C14H16F2N4O.2ClH/c1-9-3-2-4-12-19-10(7-20(9)12)6-17-13(21)11-5-14(15,16)8-18-11;;/h2-4,7,11,18H,5-6,8H2,1H3,(H,17,21);2*1H. The Morgan fingerprint density at radius 1 is 1.48 bits per heavy atom. The molecule has 2 aromatic heterocycles. The van der Waals surface area contributed by atoms with Gasteiger partial charge in [0, 0.05) is 18.3 Å². The lowest BCUT2D eigenvalue weighted by molar-refractivity contribution is -0.123. The van der Waals surface area contributed by atoms with E-state index in [1.807, 2.05) is 35.7 Å². The number of fused-ring (bicyclic) bond motifs is 1. The minimum absolute atomic E-state index is 0. The molecule has 1 atom stereocenters. The molecule has 0 aromatic carbocycles. The fourth-order valence-corrected chi connectivity index (χ4v) is 2.49. The molecule has 0 aliphatic carbocycles. The normalized spacial score (nSPS) is 19.0. The maximum atomic E-state index is 13.0. The van der Waals surface area contributed by atoms with Gasteiger partial charge in [-0.1, -0.05) is 6.07 Å². The number of amides is 1. The van der Waals surface area contributed by atoms with E-state index in [0.29, 0.717) is 5.69 Å². The Kier molecular flexibility index (Phi) is 6.33. The van der Waals surface area contributed by atoms with Crippen LogP contribution in [0.25, 0.3) is 5.65 Å². The van der Waals surface area contributed by atoms with Crippen LogP contribution in [-0.4, -0.2) is 33.8 Å². The van der Waals surface area contributed by atoms with Gasteiger partial charge in [0.2, 0.25) is 5.91 Å². The summed E-state index contributed by atoms with van der Waals surface area (Å²) in [6, 6.07) is 4.91. The Hall–Kier alpha value is -1.44. The molecule has 3 rings (SSSR count). The van der Waals surface area contributed by atoms with Gasteiger partial charge in [-0.05, 0) is 19.1 Å². The Morgan fingerprint density at radius 3 is 2.83 bits per heavy atom. The van der Waals surface area contributed by atoms with Crippen LogP contribution in [0.5, 0.6) is 0 Å². The Bertz CT molecular complexity index is 692. The number of imidazole rings is 1. The smallest absolute Gasteiger partial charge is 0.262 e. The number of aryl methyl sites for hydroxylation is 1. The number of alkyl halides is 2. The highest BCUT2D eigenvalue weighted by atomic mass is 35.5. The summed E-state index contributed by atoms with van der Waals surface area (Å²) in [5, 5.41) is 5.18. The summed E-state index contributed by atoms with van der Waals surface area (Å²) in [6.45, 7) is 1.74. The third-order valence-corrected chi connectivity index (χ3v) is 3.62.